The van der Waals surface area contributed by atoms with E-state index in [1.165, 1.54) is 0 Å². The van der Waals surface area contributed by atoms with E-state index in [9.17, 15) is 0 Å². The molecule has 4 nitrogen and oxygen atoms in total. The minimum atomic E-state index is -0.213. The Labute approximate surface area is 99.2 Å². The van der Waals surface area contributed by atoms with Crippen LogP contribution in [0, 0.1) is 0 Å². The van der Waals surface area contributed by atoms with Gasteiger partial charge in [-0.3, -0.25) is 13.6 Å². The molecular weight excluding hydrogens is 271 g/mol. The van der Waals surface area contributed by atoms with Crippen molar-refractivity contribution >= 4 is 13.6 Å². The molecule has 0 rings (SSSR count). The molecule has 0 amide bonds. The first-order chi connectivity index (χ1) is 6.16. The number of hydrogen-bond acceptors (Lipinski definition) is 3. The molecule has 0 aromatic heterocycles. The molecule has 2 atom stereocenters. The minimum Gasteiger partial charge on any atom is -0.660 e. The minimum absolute atomic E-state index is 0. The summed E-state index contributed by atoms with van der Waals surface area (Å²) >= 11 is 0. The zero-order valence-electron chi connectivity index (χ0n) is 8.79. The zero-order chi connectivity index (χ0) is 11.3. The van der Waals surface area contributed by atoms with Gasteiger partial charge in [0, 0.05) is 6.10 Å². The van der Waals surface area contributed by atoms with Gasteiger partial charge in [-0.2, -0.15) is 6.54 Å². The van der Waals surface area contributed by atoms with Crippen LogP contribution >= 0.6 is 0 Å². The van der Waals surface area contributed by atoms with Gasteiger partial charge in [-0.05, 0) is 13.3 Å². The standard InChI is InChI=1S/C7H16NO.2CHO.Ru/c1-4-8-6(2)5-7(3)9;2*1-2;/h6-7,9H,4-5H2,1-3H3;2*1H;/q3*-1;+3. The van der Waals surface area contributed by atoms with Crippen LogP contribution in [0.2, 0.25) is 0 Å². The predicted octanol–water partition coefficient (Wildman–Crippen LogP) is 0.989. The van der Waals surface area contributed by atoms with Crippen LogP contribution in [-0.4, -0.2) is 37.4 Å². The summed E-state index contributed by atoms with van der Waals surface area (Å²) < 4.78 is 0. The first-order valence-corrected chi connectivity index (χ1v) is 3.98. The molecule has 1 radical (unpaired) electrons. The maximum absolute atomic E-state index is 8.89. The molecule has 0 saturated heterocycles. The number of aliphatic hydroxyl groups excluding tert-OH is 1. The summed E-state index contributed by atoms with van der Waals surface area (Å²) in [5.41, 5.74) is 0. The van der Waals surface area contributed by atoms with E-state index in [4.69, 9.17) is 14.7 Å². The third-order valence-corrected chi connectivity index (χ3v) is 1.18. The van der Waals surface area contributed by atoms with Crippen LogP contribution in [-0.2, 0) is 29.1 Å². The average Bonchev–Trinajstić information content (AvgIpc) is 2.10. The molecule has 0 aliphatic carbocycles. The van der Waals surface area contributed by atoms with E-state index in [2.05, 4.69) is 18.9 Å². The second-order valence-corrected chi connectivity index (χ2v) is 2.43. The fourth-order valence-corrected chi connectivity index (χ4v) is 0.880. The molecule has 1 N–H and O–H groups in total. The summed E-state index contributed by atoms with van der Waals surface area (Å²) in [6.45, 7) is 13.2. The third-order valence-electron chi connectivity index (χ3n) is 1.18. The van der Waals surface area contributed by atoms with E-state index in [0.29, 0.717) is 6.04 Å². The van der Waals surface area contributed by atoms with Gasteiger partial charge >= 0.3 is 19.5 Å². The van der Waals surface area contributed by atoms with Gasteiger partial charge in [0.1, 0.15) is 0 Å². The molecule has 0 spiro atoms. The first-order valence-electron chi connectivity index (χ1n) is 3.98. The van der Waals surface area contributed by atoms with Crippen LogP contribution in [0.4, 0.5) is 0 Å². The number of hydrogen-bond donors (Lipinski definition) is 1. The number of nitrogens with zero attached hydrogens (tertiary/aromatic N) is 1. The molecule has 85 valence electrons. The van der Waals surface area contributed by atoms with Crippen molar-refractivity contribution in [2.24, 2.45) is 0 Å². The molecule has 0 aromatic carbocycles. The summed E-state index contributed by atoms with van der Waals surface area (Å²) in [6, 6.07) is 0.315. The SMILES string of the molecule is CC[N-]C(C)CC(C)O.[CH-]=O.[CH-]=O.[Ru+3]. The fourth-order valence-electron chi connectivity index (χ4n) is 0.880. The van der Waals surface area contributed by atoms with E-state index in [1.807, 2.05) is 13.8 Å². The topological polar surface area (TPSA) is 68.5 Å². The van der Waals surface area contributed by atoms with Gasteiger partial charge in [-0.1, -0.05) is 13.8 Å². The summed E-state index contributed by atoms with van der Waals surface area (Å²) in [6.07, 6.45) is 0.573. The first kappa shape index (κ1) is 23.6. The smallest absolute Gasteiger partial charge is 0.660 e. The Kier molecular flexibility index (Phi) is 38.8. The Bertz CT molecular complexity index is 92.1. The van der Waals surface area contributed by atoms with Crippen LogP contribution < -0.4 is 0 Å². The van der Waals surface area contributed by atoms with Crippen molar-refractivity contribution in [1.82, 2.24) is 0 Å². The van der Waals surface area contributed by atoms with Crippen molar-refractivity contribution in [2.75, 3.05) is 6.54 Å². The van der Waals surface area contributed by atoms with Gasteiger partial charge in [-0.15, -0.1) is 6.04 Å². The van der Waals surface area contributed by atoms with Crippen molar-refractivity contribution in [3.8, 4) is 0 Å². The van der Waals surface area contributed by atoms with Gasteiger partial charge < -0.3 is 20.0 Å². The number of rotatable bonds is 4. The van der Waals surface area contributed by atoms with Gasteiger partial charge in [0.15, 0.2) is 0 Å². The molecule has 2 unspecified atom stereocenters. The molecule has 0 heterocycles. The molecule has 0 bridgehead atoms. The molecular formula is C9H18NO3Ru. The van der Waals surface area contributed by atoms with Crippen molar-refractivity contribution in [3.63, 3.8) is 0 Å². The normalized spacial score (nSPS) is 11.7. The van der Waals surface area contributed by atoms with Crippen LogP contribution in [0.15, 0.2) is 0 Å². The monoisotopic (exact) mass is 290 g/mol. The van der Waals surface area contributed by atoms with Gasteiger partial charge in [0.05, 0.1) is 0 Å². The Balaban J connectivity index is -0.0000000883. The zero-order valence-corrected chi connectivity index (χ0v) is 10.5. The summed E-state index contributed by atoms with van der Waals surface area (Å²) in [7, 11) is 0. The van der Waals surface area contributed by atoms with Crippen molar-refractivity contribution < 1.29 is 34.2 Å². The van der Waals surface area contributed by atoms with Crippen LogP contribution in [0.3, 0.4) is 0 Å². The van der Waals surface area contributed by atoms with Crippen LogP contribution in [0.5, 0.6) is 0 Å². The van der Waals surface area contributed by atoms with Gasteiger partial charge in [0.2, 0.25) is 0 Å². The molecule has 0 aliphatic rings. The summed E-state index contributed by atoms with van der Waals surface area (Å²) in [5.74, 6) is 0. The maximum Gasteiger partial charge on any atom is 3.00 e. The van der Waals surface area contributed by atoms with E-state index in [-0.39, 0.29) is 25.6 Å². The van der Waals surface area contributed by atoms with Crippen LogP contribution in [0.25, 0.3) is 5.32 Å². The predicted molar refractivity (Wildman–Crippen MR) is 53.2 cm³/mol. The Morgan fingerprint density at radius 2 is 1.57 bits per heavy atom. The Morgan fingerprint density at radius 1 is 1.21 bits per heavy atom. The fraction of sp³-hybridized carbons (Fsp3) is 0.778. The van der Waals surface area contributed by atoms with Gasteiger partial charge in [0.25, 0.3) is 0 Å². The Morgan fingerprint density at radius 3 is 1.79 bits per heavy atom. The van der Waals surface area contributed by atoms with Crippen molar-refractivity contribution in [3.05, 3.63) is 5.32 Å². The quantitative estimate of drug-likeness (QED) is 0.477. The molecule has 5 heteroatoms. The molecule has 0 fully saturated rings. The van der Waals surface area contributed by atoms with Crippen molar-refractivity contribution in [1.29, 1.82) is 0 Å². The third kappa shape index (κ3) is 29.7. The maximum atomic E-state index is 8.89. The Hall–Kier alpha value is -0.117. The largest absolute Gasteiger partial charge is 3.00 e. The number of carbonyl (C=O) groups excluding carboxylic acids is 2. The second kappa shape index (κ2) is 23.1. The van der Waals surface area contributed by atoms with E-state index < -0.39 is 0 Å². The molecule has 14 heavy (non-hydrogen) atoms. The van der Waals surface area contributed by atoms with Crippen LogP contribution in [0.1, 0.15) is 27.2 Å². The van der Waals surface area contributed by atoms with Gasteiger partial charge in [-0.25, -0.2) is 0 Å². The molecule has 0 aromatic rings. The molecule has 0 aliphatic heterocycles. The summed E-state index contributed by atoms with van der Waals surface area (Å²) in [5, 5.41) is 13.1. The van der Waals surface area contributed by atoms with E-state index in [1.54, 1.807) is 6.92 Å². The second-order valence-electron chi connectivity index (χ2n) is 2.43. The molecule has 0 saturated carbocycles. The van der Waals surface area contributed by atoms with E-state index in [0.717, 1.165) is 13.0 Å². The average molecular weight is 289 g/mol. The van der Waals surface area contributed by atoms with E-state index >= 15 is 0 Å². The summed E-state index contributed by atoms with van der Waals surface area (Å²) in [4.78, 5) is 15.5. The number of aliphatic hydroxyl groups is 1. The van der Waals surface area contributed by atoms with Crippen molar-refractivity contribution in [2.45, 2.75) is 39.3 Å².